The van der Waals surface area contributed by atoms with E-state index in [0.29, 0.717) is 32.9 Å². The van der Waals surface area contributed by atoms with Gasteiger partial charge >= 0.3 is 11.9 Å². The number of benzene rings is 3. The number of ether oxygens (including phenoxy) is 1. The number of nitrogens with zero attached hydrogens (tertiary/aromatic N) is 2. The highest BCUT2D eigenvalue weighted by atomic mass is 16.6. The third kappa shape index (κ3) is 1.60. The summed E-state index contributed by atoms with van der Waals surface area (Å²) in [7, 11) is 0. The number of pyridine rings is 1. The van der Waals surface area contributed by atoms with Crippen molar-refractivity contribution in [1.29, 1.82) is 0 Å². The molecule has 2 aromatic heterocycles. The molecule has 6 rings (SSSR count). The van der Waals surface area contributed by atoms with Crippen molar-refractivity contribution in [2.75, 3.05) is 0 Å². The molecule has 27 heavy (non-hydrogen) atoms. The fourth-order valence-corrected chi connectivity index (χ4v) is 4.09. The molecule has 3 heterocycles. The van der Waals surface area contributed by atoms with E-state index in [1.54, 1.807) is 28.7 Å². The number of hydrogen-bond acceptors (Lipinski definition) is 5. The Labute approximate surface area is 150 Å². The van der Waals surface area contributed by atoms with Gasteiger partial charge in [-0.1, -0.05) is 6.07 Å². The lowest BCUT2D eigenvalue weighted by Gasteiger charge is -2.17. The van der Waals surface area contributed by atoms with E-state index < -0.39 is 11.9 Å². The van der Waals surface area contributed by atoms with Crippen molar-refractivity contribution in [3.05, 3.63) is 69.5 Å². The van der Waals surface area contributed by atoms with Crippen molar-refractivity contribution in [3.63, 3.8) is 0 Å². The van der Waals surface area contributed by atoms with Crippen LogP contribution in [-0.4, -0.2) is 21.3 Å². The molecule has 3 aromatic carbocycles. The maximum absolute atomic E-state index is 13.3. The minimum Gasteiger partial charge on any atom is -0.386 e. The molecule has 0 amide bonds. The molecule has 1 aliphatic heterocycles. The first-order chi connectivity index (χ1) is 13.0. The lowest BCUT2D eigenvalue weighted by atomic mass is 9.92. The maximum Gasteiger partial charge on any atom is 0.346 e. The van der Waals surface area contributed by atoms with Crippen molar-refractivity contribution >= 4 is 50.2 Å². The zero-order valence-electron chi connectivity index (χ0n) is 14.1. The number of imidazole rings is 1. The molecule has 1 aliphatic rings. The zero-order valence-corrected chi connectivity index (χ0v) is 14.1. The van der Waals surface area contributed by atoms with Crippen LogP contribution in [0, 0.1) is 6.92 Å². The Bertz CT molecular complexity index is 1540. The smallest absolute Gasteiger partial charge is 0.346 e. The van der Waals surface area contributed by atoms with Crippen LogP contribution in [-0.2, 0) is 4.74 Å². The maximum atomic E-state index is 13.3. The van der Waals surface area contributed by atoms with E-state index in [4.69, 9.17) is 4.74 Å². The molecule has 0 N–H and O–H groups in total. The quantitative estimate of drug-likeness (QED) is 0.315. The second-order valence-electron chi connectivity index (χ2n) is 6.82. The summed E-state index contributed by atoms with van der Waals surface area (Å²) in [6.07, 6.45) is 0. The molecule has 0 saturated carbocycles. The summed E-state index contributed by atoms with van der Waals surface area (Å²) in [4.78, 5) is 42.3. The van der Waals surface area contributed by atoms with E-state index in [0.717, 1.165) is 22.0 Å². The molecule has 0 bridgehead atoms. The van der Waals surface area contributed by atoms with Crippen LogP contribution in [0.1, 0.15) is 26.3 Å². The number of rotatable bonds is 0. The van der Waals surface area contributed by atoms with Crippen molar-refractivity contribution in [2.24, 2.45) is 0 Å². The van der Waals surface area contributed by atoms with Crippen molar-refractivity contribution < 1.29 is 14.3 Å². The van der Waals surface area contributed by atoms with Gasteiger partial charge in [0.15, 0.2) is 0 Å². The van der Waals surface area contributed by atoms with Crippen molar-refractivity contribution in [2.45, 2.75) is 6.92 Å². The van der Waals surface area contributed by atoms with E-state index in [1.807, 2.05) is 25.1 Å². The Kier molecular flexibility index (Phi) is 2.38. The molecule has 0 saturated heterocycles. The number of aromatic nitrogens is 2. The Morgan fingerprint density at radius 3 is 2.30 bits per heavy atom. The predicted molar refractivity (Wildman–Crippen MR) is 99.6 cm³/mol. The van der Waals surface area contributed by atoms with E-state index in [1.165, 1.54) is 0 Å². The highest BCUT2D eigenvalue weighted by Crippen LogP contribution is 2.36. The molecule has 5 aromatic rings. The first-order valence-corrected chi connectivity index (χ1v) is 8.45. The van der Waals surface area contributed by atoms with E-state index in [-0.39, 0.29) is 5.56 Å². The van der Waals surface area contributed by atoms with Gasteiger partial charge in [-0.2, -0.15) is 0 Å². The summed E-state index contributed by atoms with van der Waals surface area (Å²) < 4.78 is 6.40. The van der Waals surface area contributed by atoms with Crippen LogP contribution in [0.15, 0.2) is 47.3 Å². The Morgan fingerprint density at radius 2 is 1.56 bits per heavy atom. The fraction of sp³-hybridized carbons (Fsp3) is 0.0476. The van der Waals surface area contributed by atoms with Gasteiger partial charge < -0.3 is 4.74 Å². The average molecular weight is 354 g/mol. The number of carbonyl (C=O) groups excluding carboxylic acids is 2. The van der Waals surface area contributed by atoms with Crippen LogP contribution in [0.5, 0.6) is 0 Å². The SMILES string of the molecule is Cc1ccc2c(c1)nc1c3ccc4c5c(ccc(c(=O)n21)c53)C(=O)OC4=O. The molecule has 0 spiro atoms. The summed E-state index contributed by atoms with van der Waals surface area (Å²) in [5.41, 5.74) is 3.38. The highest BCUT2D eigenvalue weighted by molar-refractivity contribution is 6.28. The normalized spacial score (nSPS) is 14.0. The summed E-state index contributed by atoms with van der Waals surface area (Å²) in [5, 5.41) is 2.22. The number of carbonyl (C=O) groups is 2. The molecule has 0 fully saturated rings. The molecule has 0 atom stereocenters. The molecule has 0 unspecified atom stereocenters. The van der Waals surface area contributed by atoms with Gasteiger partial charge in [0, 0.05) is 21.5 Å². The van der Waals surface area contributed by atoms with Gasteiger partial charge in [-0.25, -0.2) is 14.6 Å². The van der Waals surface area contributed by atoms with Gasteiger partial charge in [0.1, 0.15) is 5.65 Å². The van der Waals surface area contributed by atoms with Gasteiger partial charge in [0.05, 0.1) is 22.2 Å². The van der Waals surface area contributed by atoms with E-state index in [9.17, 15) is 14.4 Å². The van der Waals surface area contributed by atoms with Crippen LogP contribution in [0.3, 0.4) is 0 Å². The molecular formula is C21H10N2O4. The highest BCUT2D eigenvalue weighted by Gasteiger charge is 2.30. The third-order valence-corrected chi connectivity index (χ3v) is 5.27. The molecular weight excluding hydrogens is 344 g/mol. The average Bonchev–Trinajstić information content (AvgIpc) is 3.03. The van der Waals surface area contributed by atoms with E-state index in [2.05, 4.69) is 4.98 Å². The summed E-state index contributed by atoms with van der Waals surface area (Å²) in [6, 6.07) is 12.3. The van der Waals surface area contributed by atoms with Gasteiger partial charge in [-0.3, -0.25) is 9.20 Å². The van der Waals surface area contributed by atoms with Crippen LogP contribution in [0.2, 0.25) is 0 Å². The number of fused-ring (bicyclic) bond motifs is 4. The predicted octanol–water partition coefficient (Wildman–Crippen LogP) is 3.21. The second-order valence-corrected chi connectivity index (χ2v) is 6.82. The van der Waals surface area contributed by atoms with Gasteiger partial charge in [0.2, 0.25) is 0 Å². The van der Waals surface area contributed by atoms with Gasteiger partial charge in [0.25, 0.3) is 5.56 Å². The Morgan fingerprint density at radius 1 is 0.852 bits per heavy atom. The van der Waals surface area contributed by atoms with Crippen LogP contribution in [0.4, 0.5) is 0 Å². The van der Waals surface area contributed by atoms with Crippen molar-refractivity contribution in [1.82, 2.24) is 9.38 Å². The van der Waals surface area contributed by atoms with Gasteiger partial charge in [-0.15, -0.1) is 0 Å². The monoisotopic (exact) mass is 354 g/mol. The molecule has 0 aliphatic carbocycles. The fourth-order valence-electron chi connectivity index (χ4n) is 4.09. The van der Waals surface area contributed by atoms with Crippen LogP contribution < -0.4 is 5.56 Å². The largest absolute Gasteiger partial charge is 0.386 e. The van der Waals surface area contributed by atoms with Crippen LogP contribution in [0.25, 0.3) is 38.2 Å². The summed E-state index contributed by atoms with van der Waals surface area (Å²) >= 11 is 0. The number of aryl methyl sites for hydroxylation is 1. The molecule has 6 heteroatoms. The number of hydrogen-bond donors (Lipinski definition) is 0. The second kappa shape index (κ2) is 4.48. The van der Waals surface area contributed by atoms with Crippen molar-refractivity contribution in [3.8, 4) is 0 Å². The molecule has 128 valence electrons. The number of esters is 2. The minimum absolute atomic E-state index is 0.223. The molecule has 6 nitrogen and oxygen atoms in total. The first kappa shape index (κ1) is 14.4. The standard InChI is InChI=1S/C21H10N2O4/c1-9-2-7-15-14(8-9)22-18-10-3-5-12-17-13(21(26)27-20(12)25)6-4-11(16(10)17)19(24)23(15)18/h2-8H,1H3. The summed E-state index contributed by atoms with van der Waals surface area (Å²) in [5.74, 6) is -1.39. The van der Waals surface area contributed by atoms with Crippen LogP contribution >= 0.6 is 0 Å². The summed E-state index contributed by atoms with van der Waals surface area (Å²) in [6.45, 7) is 1.97. The lowest BCUT2D eigenvalue weighted by molar-refractivity contribution is 0.0391. The van der Waals surface area contributed by atoms with E-state index >= 15 is 0 Å². The first-order valence-electron chi connectivity index (χ1n) is 8.45. The molecule has 0 radical (unpaired) electrons. The lowest BCUT2D eigenvalue weighted by Crippen LogP contribution is -2.21. The topological polar surface area (TPSA) is 77.7 Å². The zero-order chi connectivity index (χ0) is 18.4. The Hall–Kier alpha value is -3.80. The third-order valence-electron chi connectivity index (χ3n) is 5.27. The minimum atomic E-state index is -0.696. The van der Waals surface area contributed by atoms with Gasteiger partial charge in [-0.05, 0) is 48.9 Å². The number of cyclic esters (lactones) is 2. The Balaban J connectivity index is 1.97.